The minimum atomic E-state index is -0.0802. The topological polar surface area (TPSA) is 35.0 Å². The standard InChI is InChI=1S/C10H13ClN2OS/c1-3-14-6(2)10-12-8-5-15-4-7(8)9(11)13-10/h6H,3-5H2,1-2H3. The van der Waals surface area contributed by atoms with E-state index in [1.54, 1.807) is 0 Å². The largest absolute Gasteiger partial charge is 0.371 e. The molecule has 0 amide bonds. The van der Waals surface area contributed by atoms with Crippen molar-refractivity contribution in [1.82, 2.24) is 9.97 Å². The molecular formula is C10H13ClN2OS. The Morgan fingerprint density at radius 2 is 2.27 bits per heavy atom. The number of thioether (sulfide) groups is 1. The highest BCUT2D eigenvalue weighted by Crippen LogP contribution is 2.33. The Labute approximate surface area is 98.6 Å². The van der Waals surface area contributed by atoms with Gasteiger partial charge in [0.1, 0.15) is 11.3 Å². The Hall–Kier alpha value is -0.320. The van der Waals surface area contributed by atoms with Gasteiger partial charge in [0, 0.05) is 23.7 Å². The molecule has 2 heterocycles. The van der Waals surface area contributed by atoms with Gasteiger partial charge in [-0.15, -0.1) is 0 Å². The van der Waals surface area contributed by atoms with Crippen molar-refractivity contribution in [3.8, 4) is 0 Å². The van der Waals surface area contributed by atoms with Crippen LogP contribution in [0.5, 0.6) is 0 Å². The summed E-state index contributed by atoms with van der Waals surface area (Å²) in [6.45, 7) is 4.57. The SMILES string of the molecule is CCOC(C)c1nc(Cl)c2c(n1)CSC2. The van der Waals surface area contributed by atoms with Gasteiger partial charge in [-0.2, -0.15) is 11.8 Å². The Kier molecular flexibility index (Phi) is 3.49. The van der Waals surface area contributed by atoms with Gasteiger partial charge in [0.15, 0.2) is 5.82 Å². The Morgan fingerprint density at radius 1 is 1.47 bits per heavy atom. The van der Waals surface area contributed by atoms with E-state index in [-0.39, 0.29) is 6.10 Å². The average Bonchev–Trinajstić information content (AvgIpc) is 2.66. The van der Waals surface area contributed by atoms with Gasteiger partial charge in [0.05, 0.1) is 5.69 Å². The second-order valence-electron chi connectivity index (χ2n) is 3.39. The van der Waals surface area contributed by atoms with E-state index in [2.05, 4.69) is 9.97 Å². The van der Waals surface area contributed by atoms with Gasteiger partial charge in [0.2, 0.25) is 0 Å². The number of rotatable bonds is 3. The van der Waals surface area contributed by atoms with Gasteiger partial charge in [-0.05, 0) is 13.8 Å². The van der Waals surface area contributed by atoms with Crippen LogP contribution in [0.4, 0.5) is 0 Å². The molecule has 82 valence electrons. The van der Waals surface area contributed by atoms with E-state index in [4.69, 9.17) is 16.3 Å². The van der Waals surface area contributed by atoms with E-state index >= 15 is 0 Å². The molecule has 0 saturated heterocycles. The van der Waals surface area contributed by atoms with E-state index in [1.165, 1.54) is 0 Å². The number of nitrogens with zero attached hydrogens (tertiary/aromatic N) is 2. The van der Waals surface area contributed by atoms with Gasteiger partial charge in [0.25, 0.3) is 0 Å². The maximum absolute atomic E-state index is 6.10. The number of ether oxygens (including phenoxy) is 1. The lowest BCUT2D eigenvalue weighted by atomic mass is 10.2. The molecule has 1 aliphatic rings. The lowest BCUT2D eigenvalue weighted by Crippen LogP contribution is -2.08. The van der Waals surface area contributed by atoms with Crippen molar-refractivity contribution in [2.45, 2.75) is 31.5 Å². The van der Waals surface area contributed by atoms with Crippen molar-refractivity contribution in [2.24, 2.45) is 0 Å². The lowest BCUT2D eigenvalue weighted by molar-refractivity contribution is 0.0699. The molecule has 5 heteroatoms. The lowest BCUT2D eigenvalue weighted by Gasteiger charge is -2.11. The molecule has 1 atom stereocenters. The predicted molar refractivity (Wildman–Crippen MR) is 62.1 cm³/mol. The quantitative estimate of drug-likeness (QED) is 0.766. The highest BCUT2D eigenvalue weighted by atomic mass is 35.5. The van der Waals surface area contributed by atoms with Crippen LogP contribution >= 0.6 is 23.4 Å². The first-order chi connectivity index (χ1) is 7.22. The van der Waals surface area contributed by atoms with Gasteiger partial charge in [-0.3, -0.25) is 0 Å². The van der Waals surface area contributed by atoms with Gasteiger partial charge >= 0.3 is 0 Å². The average molecular weight is 245 g/mol. The molecule has 2 rings (SSSR count). The molecule has 1 aliphatic heterocycles. The normalized spacial score (nSPS) is 16.5. The van der Waals surface area contributed by atoms with Crippen LogP contribution in [-0.4, -0.2) is 16.6 Å². The first-order valence-electron chi connectivity index (χ1n) is 4.97. The van der Waals surface area contributed by atoms with Crippen LogP contribution < -0.4 is 0 Å². The van der Waals surface area contributed by atoms with Crippen LogP contribution in [0.15, 0.2) is 0 Å². The number of fused-ring (bicyclic) bond motifs is 1. The first kappa shape index (κ1) is 11.2. The van der Waals surface area contributed by atoms with Crippen LogP contribution in [0, 0.1) is 0 Å². The zero-order valence-corrected chi connectivity index (χ0v) is 10.4. The third-order valence-electron chi connectivity index (χ3n) is 2.33. The van der Waals surface area contributed by atoms with Crippen molar-refractivity contribution in [1.29, 1.82) is 0 Å². The number of aromatic nitrogens is 2. The number of hydrogen-bond donors (Lipinski definition) is 0. The van der Waals surface area contributed by atoms with E-state index in [9.17, 15) is 0 Å². The first-order valence-corrected chi connectivity index (χ1v) is 6.50. The summed E-state index contributed by atoms with van der Waals surface area (Å²) in [7, 11) is 0. The summed E-state index contributed by atoms with van der Waals surface area (Å²) in [6.07, 6.45) is -0.0802. The van der Waals surface area contributed by atoms with Crippen LogP contribution in [0.1, 0.15) is 37.0 Å². The molecule has 1 aromatic rings. The second kappa shape index (κ2) is 4.68. The van der Waals surface area contributed by atoms with E-state index in [1.807, 2.05) is 25.6 Å². The molecule has 0 aliphatic carbocycles. The molecular weight excluding hydrogens is 232 g/mol. The summed E-state index contributed by atoms with van der Waals surface area (Å²) in [5.41, 5.74) is 2.16. The molecule has 3 nitrogen and oxygen atoms in total. The summed E-state index contributed by atoms with van der Waals surface area (Å²) in [5.74, 6) is 2.56. The van der Waals surface area contributed by atoms with Crippen molar-refractivity contribution < 1.29 is 4.74 Å². The summed E-state index contributed by atoms with van der Waals surface area (Å²) in [4.78, 5) is 8.77. The van der Waals surface area contributed by atoms with Crippen molar-refractivity contribution in [2.75, 3.05) is 6.61 Å². The summed E-state index contributed by atoms with van der Waals surface area (Å²) < 4.78 is 5.45. The zero-order valence-electron chi connectivity index (χ0n) is 8.79. The fourth-order valence-electron chi connectivity index (χ4n) is 1.54. The third kappa shape index (κ3) is 2.27. The summed E-state index contributed by atoms with van der Waals surface area (Å²) >= 11 is 7.92. The molecule has 0 radical (unpaired) electrons. The summed E-state index contributed by atoms with van der Waals surface area (Å²) in [5, 5.41) is 0.589. The van der Waals surface area contributed by atoms with E-state index in [0.29, 0.717) is 17.6 Å². The number of hydrogen-bond acceptors (Lipinski definition) is 4. The minimum Gasteiger partial charge on any atom is -0.371 e. The predicted octanol–water partition coefficient (Wildman–Crippen LogP) is 2.97. The molecule has 0 bridgehead atoms. The highest BCUT2D eigenvalue weighted by Gasteiger charge is 2.20. The Bertz CT molecular complexity index is 373. The fraction of sp³-hybridized carbons (Fsp3) is 0.600. The van der Waals surface area contributed by atoms with Gasteiger partial charge in [-0.1, -0.05) is 11.6 Å². The van der Waals surface area contributed by atoms with Gasteiger partial charge < -0.3 is 4.74 Å². The molecule has 0 N–H and O–H groups in total. The van der Waals surface area contributed by atoms with Crippen LogP contribution in [0.2, 0.25) is 5.15 Å². The maximum Gasteiger partial charge on any atom is 0.158 e. The van der Waals surface area contributed by atoms with Crippen LogP contribution in [0.3, 0.4) is 0 Å². The molecule has 0 saturated carbocycles. The van der Waals surface area contributed by atoms with Crippen molar-refractivity contribution >= 4 is 23.4 Å². The molecule has 1 unspecified atom stereocenters. The Balaban J connectivity index is 2.30. The minimum absolute atomic E-state index is 0.0802. The van der Waals surface area contributed by atoms with Gasteiger partial charge in [-0.25, -0.2) is 9.97 Å². The monoisotopic (exact) mass is 244 g/mol. The van der Waals surface area contributed by atoms with Crippen LogP contribution in [-0.2, 0) is 16.2 Å². The molecule has 1 aromatic heterocycles. The number of halogens is 1. The van der Waals surface area contributed by atoms with E-state index < -0.39 is 0 Å². The van der Waals surface area contributed by atoms with Crippen molar-refractivity contribution in [3.05, 3.63) is 22.2 Å². The zero-order chi connectivity index (χ0) is 10.8. The molecule has 15 heavy (non-hydrogen) atoms. The smallest absolute Gasteiger partial charge is 0.158 e. The summed E-state index contributed by atoms with van der Waals surface area (Å²) in [6, 6.07) is 0. The third-order valence-corrected chi connectivity index (χ3v) is 3.61. The van der Waals surface area contributed by atoms with Crippen LogP contribution in [0.25, 0.3) is 0 Å². The highest BCUT2D eigenvalue weighted by molar-refractivity contribution is 7.98. The Morgan fingerprint density at radius 3 is 3.00 bits per heavy atom. The molecule has 0 spiro atoms. The van der Waals surface area contributed by atoms with E-state index in [0.717, 1.165) is 22.8 Å². The van der Waals surface area contributed by atoms with Crippen molar-refractivity contribution in [3.63, 3.8) is 0 Å². The molecule has 0 aromatic carbocycles. The maximum atomic E-state index is 6.10. The second-order valence-corrected chi connectivity index (χ2v) is 4.73. The fourth-order valence-corrected chi connectivity index (χ4v) is 2.92. The molecule has 0 fully saturated rings.